The van der Waals surface area contributed by atoms with E-state index in [0.29, 0.717) is 12.3 Å². The Labute approximate surface area is 233 Å². The number of Topliss-reactive ketones (excluding diaryl/α,β-unsaturated/α-hetero) is 2. The molecule has 0 aromatic heterocycles. The lowest BCUT2D eigenvalue weighted by atomic mass is 9.57. The molecule has 0 unspecified atom stereocenters. The molecule has 4 atom stereocenters. The number of primary amides is 1. The average molecular weight is 551 g/mol. The molecule has 5 aliphatic carbocycles. The summed E-state index contributed by atoms with van der Waals surface area (Å²) in [5, 5.41) is 45.1. The zero-order valence-electron chi connectivity index (χ0n) is 23.0. The molecule has 214 valence electrons. The summed E-state index contributed by atoms with van der Waals surface area (Å²) in [4.78, 5) is 40.9. The number of ketones is 2. The van der Waals surface area contributed by atoms with Crippen molar-refractivity contribution in [3.05, 3.63) is 45.7 Å². The quantitative estimate of drug-likeness (QED) is 0.309. The van der Waals surface area contributed by atoms with Crippen LogP contribution in [-0.2, 0) is 27.2 Å². The predicted octanol–water partition coefficient (Wildman–Crippen LogP) is 2.72. The molecule has 1 aromatic carbocycles. The highest BCUT2D eigenvalue weighted by molar-refractivity contribution is 6.24. The van der Waals surface area contributed by atoms with E-state index in [0.717, 1.165) is 29.4 Å². The van der Waals surface area contributed by atoms with E-state index >= 15 is 0 Å². The number of carbonyl (C=O) groups is 3. The van der Waals surface area contributed by atoms with E-state index in [4.69, 9.17) is 5.73 Å². The van der Waals surface area contributed by atoms with E-state index in [1.54, 1.807) is 20.2 Å². The number of nitrogens with two attached hydrogens (primary N) is 1. The number of phenols is 1. The molecule has 0 spiro atoms. The minimum atomic E-state index is -2.61. The Morgan fingerprint density at radius 1 is 1.07 bits per heavy atom. The summed E-state index contributed by atoms with van der Waals surface area (Å²) in [6.07, 6.45) is 8.75. The van der Waals surface area contributed by atoms with Crippen LogP contribution in [0.3, 0.4) is 0 Å². The zero-order valence-corrected chi connectivity index (χ0v) is 23.0. The van der Waals surface area contributed by atoms with Gasteiger partial charge >= 0.3 is 0 Å². The summed E-state index contributed by atoms with van der Waals surface area (Å²) < 4.78 is 0. The molecule has 9 nitrogen and oxygen atoms in total. The van der Waals surface area contributed by atoms with E-state index in [1.807, 2.05) is 6.07 Å². The number of likely N-dealkylation sites (N-methyl/N-ethyl adjacent to an activating group) is 1. The van der Waals surface area contributed by atoms with Crippen LogP contribution >= 0.6 is 0 Å². The van der Waals surface area contributed by atoms with Gasteiger partial charge in [0.25, 0.3) is 5.91 Å². The van der Waals surface area contributed by atoms with Crippen LogP contribution in [0.15, 0.2) is 29.0 Å². The second-order valence-electron chi connectivity index (χ2n) is 13.0. The largest absolute Gasteiger partial charge is 0.508 e. The number of aliphatic hydroxyl groups excluding tert-OH is 2. The van der Waals surface area contributed by atoms with Gasteiger partial charge < -0.3 is 26.2 Å². The molecule has 40 heavy (non-hydrogen) atoms. The van der Waals surface area contributed by atoms with E-state index in [-0.39, 0.29) is 23.3 Å². The maximum atomic E-state index is 14.0. The van der Waals surface area contributed by atoms with Crippen LogP contribution in [0.5, 0.6) is 5.75 Å². The number of aromatic hydroxyl groups is 1. The molecular weight excluding hydrogens is 512 g/mol. The molecule has 1 aromatic rings. The zero-order chi connectivity index (χ0) is 28.7. The SMILES string of the molecule is CN(C)[C@H]1C(=O)C(C(N)=O)=C(O)[C@]2(O)C(=O)C3=C(O)c4c(O)ccc(CC(CC5CC5)CC5CC5)c4C[C@@H]3C[C@H]12. The van der Waals surface area contributed by atoms with Crippen molar-refractivity contribution in [1.29, 1.82) is 0 Å². The first-order chi connectivity index (χ1) is 18.9. The molecule has 0 radical (unpaired) electrons. The van der Waals surface area contributed by atoms with Crippen molar-refractivity contribution >= 4 is 23.2 Å². The fourth-order valence-electron chi connectivity index (χ4n) is 7.72. The first-order valence-corrected chi connectivity index (χ1v) is 14.4. The van der Waals surface area contributed by atoms with E-state index < -0.39 is 58.0 Å². The van der Waals surface area contributed by atoms with Crippen molar-refractivity contribution < 1.29 is 34.8 Å². The lowest BCUT2D eigenvalue weighted by Gasteiger charge is -2.50. The molecule has 5 aliphatic rings. The minimum absolute atomic E-state index is 0.103. The summed E-state index contributed by atoms with van der Waals surface area (Å²) in [5.41, 5.74) is 3.89. The number of fused-ring (bicyclic) bond motifs is 3. The number of amides is 1. The van der Waals surface area contributed by atoms with Gasteiger partial charge in [0, 0.05) is 11.5 Å². The van der Waals surface area contributed by atoms with Gasteiger partial charge in [0.2, 0.25) is 5.78 Å². The summed E-state index contributed by atoms with van der Waals surface area (Å²) in [6, 6.07) is 2.38. The summed E-state index contributed by atoms with van der Waals surface area (Å²) >= 11 is 0. The van der Waals surface area contributed by atoms with Gasteiger partial charge in [-0.15, -0.1) is 0 Å². The van der Waals surface area contributed by atoms with Crippen molar-refractivity contribution in [2.45, 2.75) is 69.4 Å². The molecule has 3 fully saturated rings. The molecule has 1 amide bonds. The van der Waals surface area contributed by atoms with Gasteiger partial charge in [0.05, 0.1) is 11.6 Å². The highest BCUT2D eigenvalue weighted by atomic mass is 16.3. The number of benzene rings is 1. The van der Waals surface area contributed by atoms with Crippen molar-refractivity contribution in [1.82, 2.24) is 4.90 Å². The highest BCUT2D eigenvalue weighted by Crippen LogP contribution is 2.53. The van der Waals surface area contributed by atoms with E-state index in [2.05, 4.69) is 0 Å². The number of hydrogen-bond acceptors (Lipinski definition) is 8. The second-order valence-corrected chi connectivity index (χ2v) is 13.0. The molecule has 0 bridgehead atoms. The number of rotatable bonds is 8. The van der Waals surface area contributed by atoms with Gasteiger partial charge in [-0.1, -0.05) is 31.7 Å². The van der Waals surface area contributed by atoms with Crippen LogP contribution < -0.4 is 5.73 Å². The fraction of sp³-hybridized carbons (Fsp3) is 0.581. The van der Waals surface area contributed by atoms with Crippen molar-refractivity contribution in [2.75, 3.05) is 14.1 Å². The Kier molecular flexibility index (Phi) is 6.38. The highest BCUT2D eigenvalue weighted by Gasteiger charge is 2.64. The third-order valence-electron chi connectivity index (χ3n) is 9.94. The molecule has 9 heteroatoms. The van der Waals surface area contributed by atoms with Crippen LogP contribution in [0, 0.1) is 29.6 Å². The Morgan fingerprint density at radius 3 is 2.25 bits per heavy atom. The average Bonchev–Trinajstić information content (AvgIpc) is 3.80. The third kappa shape index (κ3) is 4.16. The van der Waals surface area contributed by atoms with Crippen LogP contribution in [0.25, 0.3) is 5.76 Å². The lowest BCUT2D eigenvalue weighted by molar-refractivity contribution is -0.153. The van der Waals surface area contributed by atoms with Crippen LogP contribution in [-0.4, -0.2) is 68.5 Å². The molecule has 0 saturated heterocycles. The summed E-state index contributed by atoms with van der Waals surface area (Å²) in [6.45, 7) is 0. The number of phenolic OH excluding ortho intramolecular Hbond substituents is 1. The molecule has 6 rings (SSSR count). The van der Waals surface area contributed by atoms with Gasteiger partial charge in [0.1, 0.15) is 22.8 Å². The predicted molar refractivity (Wildman–Crippen MR) is 146 cm³/mol. The van der Waals surface area contributed by atoms with Crippen LogP contribution in [0.1, 0.15) is 61.6 Å². The molecule has 0 heterocycles. The maximum absolute atomic E-state index is 14.0. The smallest absolute Gasteiger partial charge is 0.255 e. The molecule has 0 aliphatic heterocycles. The lowest BCUT2D eigenvalue weighted by Crippen LogP contribution is -2.65. The third-order valence-corrected chi connectivity index (χ3v) is 9.94. The van der Waals surface area contributed by atoms with Gasteiger partial charge in [-0.2, -0.15) is 0 Å². The second kappa shape index (κ2) is 9.45. The Balaban J connectivity index is 1.44. The van der Waals surface area contributed by atoms with Gasteiger partial charge in [-0.3, -0.25) is 19.3 Å². The normalized spacial score (nSPS) is 30.1. The van der Waals surface area contributed by atoms with Crippen LogP contribution in [0.2, 0.25) is 0 Å². The Morgan fingerprint density at radius 2 is 1.70 bits per heavy atom. The monoisotopic (exact) mass is 550 g/mol. The topological polar surface area (TPSA) is 161 Å². The van der Waals surface area contributed by atoms with Gasteiger partial charge in [-0.25, -0.2) is 0 Å². The van der Waals surface area contributed by atoms with E-state index in [9.17, 15) is 34.8 Å². The van der Waals surface area contributed by atoms with Crippen molar-refractivity contribution in [2.24, 2.45) is 35.3 Å². The number of hydrogen-bond donors (Lipinski definition) is 5. The van der Waals surface area contributed by atoms with E-state index in [1.165, 1.54) is 43.4 Å². The standard InChI is InChI=1S/C31H38N2O7/c1-33(2)25-20-13-18-12-19-17(11-16(9-14-3-4-14)10-15-5-6-15)7-8-21(34)23(19)26(35)22(18)28(37)31(20,40)29(38)24(27(25)36)30(32)39/h7-8,14-16,18,20,25,34-35,38,40H,3-6,9-13H2,1-2H3,(H2,32,39)/t18-,20-,25-,31-/m1/s1. The first kappa shape index (κ1) is 27.0. The molecule has 3 saturated carbocycles. The Bertz CT molecular complexity index is 1360. The molecule has 6 N–H and O–H groups in total. The maximum Gasteiger partial charge on any atom is 0.255 e. The fourth-order valence-corrected chi connectivity index (χ4v) is 7.72. The van der Waals surface area contributed by atoms with Gasteiger partial charge in [-0.05, 0) is 87.1 Å². The number of aliphatic hydroxyl groups is 3. The van der Waals surface area contributed by atoms with Crippen molar-refractivity contribution in [3.63, 3.8) is 0 Å². The molecular formula is C31H38N2O7. The summed E-state index contributed by atoms with van der Waals surface area (Å²) in [7, 11) is 3.20. The number of nitrogens with zero attached hydrogens (tertiary/aromatic N) is 1. The number of carbonyl (C=O) groups excluding carboxylic acids is 3. The van der Waals surface area contributed by atoms with Gasteiger partial charge in [0.15, 0.2) is 11.4 Å². The van der Waals surface area contributed by atoms with Crippen LogP contribution in [0.4, 0.5) is 0 Å². The summed E-state index contributed by atoms with van der Waals surface area (Å²) in [5.74, 6) is -4.14. The minimum Gasteiger partial charge on any atom is -0.508 e. The Hall–Kier alpha value is -3.17. The van der Waals surface area contributed by atoms with Crippen molar-refractivity contribution in [3.8, 4) is 5.75 Å². The first-order valence-electron chi connectivity index (χ1n) is 14.4.